The van der Waals surface area contributed by atoms with Gasteiger partial charge in [-0.25, -0.2) is 0 Å². The second-order valence-electron chi connectivity index (χ2n) is 17.8. The van der Waals surface area contributed by atoms with Gasteiger partial charge in [0.25, 0.3) is 0 Å². The number of thiophene rings is 1. The first-order chi connectivity index (χ1) is 29.4. The Morgan fingerprint density at radius 1 is 0.694 bits per heavy atom. The summed E-state index contributed by atoms with van der Waals surface area (Å²) in [5, 5.41) is 11.5. The third-order valence-corrected chi connectivity index (χ3v) is 14.7. The Hall–Kier alpha value is -5.49. The van der Waals surface area contributed by atoms with Crippen LogP contribution < -0.4 is 5.19 Å². The molecule has 0 aliphatic rings. The van der Waals surface area contributed by atoms with E-state index in [2.05, 4.69) is 203 Å². The van der Waals surface area contributed by atoms with Crippen LogP contribution in [-0.2, 0) is 26.5 Å². The molecule has 0 atom stereocenters. The van der Waals surface area contributed by atoms with Crippen molar-refractivity contribution in [3.05, 3.63) is 179 Å². The SMILES string of the molecule is CC(C)Cc1cc(-c2[c-]cccc2)ncc1[Si](C)(C)C.Cc1cc(-n2c(-c3[c-]sc4cc5c(cc(C)c6ccccc65)cc34)nc3ccccc32)cc(C)c1-c1ccccc1.[Ir]. The molecule has 0 saturated carbocycles. The van der Waals surface area contributed by atoms with Gasteiger partial charge in [0.15, 0.2) is 0 Å². The van der Waals surface area contributed by atoms with E-state index >= 15 is 0 Å². The molecule has 10 rings (SSSR count). The summed E-state index contributed by atoms with van der Waals surface area (Å²) in [5.41, 5.74) is 14.2. The van der Waals surface area contributed by atoms with Crippen molar-refractivity contribution in [3.63, 3.8) is 0 Å². The molecule has 0 N–H and O–H groups in total. The molecule has 0 aliphatic heterocycles. The quantitative estimate of drug-likeness (QED) is 0.0905. The molecule has 0 aliphatic carbocycles. The summed E-state index contributed by atoms with van der Waals surface area (Å²) in [4.78, 5) is 9.89. The molecule has 0 fully saturated rings. The first-order valence-electron chi connectivity index (χ1n) is 21.3. The zero-order chi connectivity index (χ0) is 42.4. The van der Waals surface area contributed by atoms with Gasteiger partial charge in [-0.15, -0.1) is 41.3 Å². The number of aryl methyl sites for hydroxylation is 3. The van der Waals surface area contributed by atoms with Gasteiger partial charge in [0, 0.05) is 32.0 Å². The molecule has 7 aromatic carbocycles. The number of nitrogens with zero attached hydrogens (tertiary/aromatic N) is 3. The Kier molecular flexibility index (Phi) is 12.3. The van der Waals surface area contributed by atoms with Gasteiger partial charge in [-0.05, 0) is 118 Å². The van der Waals surface area contributed by atoms with Gasteiger partial charge in [0.1, 0.15) is 0 Å². The van der Waals surface area contributed by atoms with Gasteiger partial charge in [-0.3, -0.25) is 16.3 Å². The molecule has 0 saturated heterocycles. The predicted octanol–water partition coefficient (Wildman–Crippen LogP) is 14.9. The van der Waals surface area contributed by atoms with Crippen molar-refractivity contribution in [2.75, 3.05) is 0 Å². The maximum atomic E-state index is 5.21. The van der Waals surface area contributed by atoms with Gasteiger partial charge < -0.3 is 9.55 Å². The van der Waals surface area contributed by atoms with Crippen molar-refractivity contribution < 1.29 is 20.1 Å². The van der Waals surface area contributed by atoms with E-state index < -0.39 is 8.07 Å². The van der Waals surface area contributed by atoms with E-state index in [1.54, 1.807) is 11.3 Å². The third kappa shape index (κ3) is 8.37. The number of pyridine rings is 1. The number of hydrogen-bond acceptors (Lipinski definition) is 3. The van der Waals surface area contributed by atoms with Crippen molar-refractivity contribution >= 4 is 67.3 Å². The van der Waals surface area contributed by atoms with Gasteiger partial charge in [0.05, 0.1) is 24.9 Å². The molecular formula is C56H51IrN3SSi-2. The fourth-order valence-corrected chi connectivity index (χ4v) is 11.4. The van der Waals surface area contributed by atoms with Crippen LogP contribution in [0.1, 0.15) is 36.1 Å². The Morgan fingerprint density at radius 3 is 2.10 bits per heavy atom. The monoisotopic (exact) mass is 1020 g/mol. The molecule has 1 radical (unpaired) electrons. The Bertz CT molecular complexity index is 3190. The van der Waals surface area contributed by atoms with Crippen LogP contribution in [-0.4, -0.2) is 22.6 Å². The Balaban J connectivity index is 0.000000214. The molecule has 3 heterocycles. The molecule has 10 aromatic rings. The van der Waals surface area contributed by atoms with Crippen molar-refractivity contribution in [2.24, 2.45) is 5.92 Å². The van der Waals surface area contributed by atoms with Crippen LogP contribution in [0, 0.1) is 38.1 Å². The summed E-state index contributed by atoms with van der Waals surface area (Å²) in [5.74, 6) is 1.60. The van der Waals surface area contributed by atoms with Gasteiger partial charge >= 0.3 is 0 Å². The van der Waals surface area contributed by atoms with Crippen LogP contribution in [0.5, 0.6) is 0 Å². The van der Waals surface area contributed by atoms with Gasteiger partial charge in [-0.1, -0.05) is 146 Å². The van der Waals surface area contributed by atoms with Crippen molar-refractivity contribution in [1.29, 1.82) is 0 Å². The number of rotatable bonds is 7. The van der Waals surface area contributed by atoms with Crippen molar-refractivity contribution in [3.8, 4) is 39.5 Å². The molecule has 6 heteroatoms. The minimum absolute atomic E-state index is 0. The van der Waals surface area contributed by atoms with E-state index in [-0.39, 0.29) is 20.1 Å². The summed E-state index contributed by atoms with van der Waals surface area (Å²) in [6.45, 7) is 18.4. The number of para-hydroxylation sites is 2. The number of imidazole rings is 1. The van der Waals surface area contributed by atoms with E-state index in [1.165, 1.54) is 70.2 Å². The molecule has 311 valence electrons. The number of aromatic nitrogens is 3. The summed E-state index contributed by atoms with van der Waals surface area (Å²) < 4.78 is 3.55. The van der Waals surface area contributed by atoms with Crippen molar-refractivity contribution in [2.45, 2.75) is 60.7 Å². The van der Waals surface area contributed by atoms with E-state index in [0.29, 0.717) is 5.92 Å². The molecule has 3 nitrogen and oxygen atoms in total. The first-order valence-corrected chi connectivity index (χ1v) is 25.6. The smallest absolute Gasteiger partial charge is 0.0798 e. The minimum Gasteiger partial charge on any atom is -0.333 e. The minimum atomic E-state index is -1.34. The van der Waals surface area contributed by atoms with Crippen LogP contribution in [0.4, 0.5) is 0 Å². The van der Waals surface area contributed by atoms with E-state index in [9.17, 15) is 0 Å². The van der Waals surface area contributed by atoms with Crippen molar-refractivity contribution in [1.82, 2.24) is 14.5 Å². The second kappa shape index (κ2) is 17.7. The zero-order valence-corrected chi connectivity index (χ0v) is 40.9. The van der Waals surface area contributed by atoms with Crippen LogP contribution >= 0.6 is 11.3 Å². The predicted molar refractivity (Wildman–Crippen MR) is 265 cm³/mol. The molecule has 0 spiro atoms. The number of fused-ring (bicyclic) bond motifs is 5. The fraction of sp³-hybridized carbons (Fsp3) is 0.179. The second-order valence-corrected chi connectivity index (χ2v) is 23.7. The molecular weight excluding hydrogens is 967 g/mol. The fourth-order valence-electron chi connectivity index (χ4n) is 8.99. The van der Waals surface area contributed by atoms with Crippen LogP contribution in [0.15, 0.2) is 146 Å². The molecule has 0 unspecified atom stereocenters. The van der Waals surface area contributed by atoms with Crippen LogP contribution in [0.3, 0.4) is 0 Å². The molecule has 0 bridgehead atoms. The average molecular weight is 1020 g/mol. The van der Waals surface area contributed by atoms with Crippen LogP contribution in [0.25, 0.3) is 82.1 Å². The summed E-state index contributed by atoms with van der Waals surface area (Å²) >= 11 is 1.68. The van der Waals surface area contributed by atoms with Gasteiger partial charge in [0.2, 0.25) is 0 Å². The largest absolute Gasteiger partial charge is 0.333 e. The zero-order valence-electron chi connectivity index (χ0n) is 36.7. The van der Waals surface area contributed by atoms with Gasteiger partial charge in [-0.2, -0.15) is 0 Å². The van der Waals surface area contributed by atoms with E-state index in [1.807, 2.05) is 18.2 Å². The molecule has 0 amide bonds. The standard InChI is InChI=1S/C38H27N2S.C18H24NSi.Ir/c1-23-17-27-20-32-33(22-41-36(32)21-31(27)30-14-8-7-13-29(23)30)38-39-34-15-9-10-16-35(34)40(38)28-18-24(2)37(25(3)19-28)26-11-5-4-6-12-26;1-14(2)11-16-12-17(15-9-7-6-8-10-15)19-13-18(16)20(3,4)5;/h4-21H,1-3H3;6-9,12-14H,11H2,1-5H3;/q2*-1;. The molecule has 62 heavy (non-hydrogen) atoms. The third-order valence-electron chi connectivity index (χ3n) is 11.7. The number of benzene rings is 7. The molecule has 3 aromatic heterocycles. The topological polar surface area (TPSA) is 30.7 Å². The average Bonchev–Trinajstić information content (AvgIpc) is 3.84. The van der Waals surface area contributed by atoms with Crippen LogP contribution in [0.2, 0.25) is 19.6 Å². The summed E-state index contributed by atoms with van der Waals surface area (Å²) in [7, 11) is -1.34. The number of hydrogen-bond donors (Lipinski definition) is 0. The summed E-state index contributed by atoms with van der Waals surface area (Å²) in [6, 6.07) is 53.0. The van der Waals surface area contributed by atoms with E-state index in [0.717, 1.165) is 45.8 Å². The Morgan fingerprint density at radius 2 is 1.39 bits per heavy atom. The Labute approximate surface area is 384 Å². The maximum Gasteiger partial charge on any atom is 0.0798 e. The normalized spacial score (nSPS) is 11.6. The summed E-state index contributed by atoms with van der Waals surface area (Å²) in [6.07, 6.45) is 3.24. The van der Waals surface area contributed by atoms with E-state index in [4.69, 9.17) is 4.98 Å². The first kappa shape index (κ1) is 43.2. The maximum absolute atomic E-state index is 5.21.